The van der Waals surface area contributed by atoms with Crippen molar-refractivity contribution >= 4 is 17.8 Å². The predicted octanol–water partition coefficient (Wildman–Crippen LogP) is 6.57. The van der Waals surface area contributed by atoms with E-state index in [4.69, 9.17) is 19.0 Å². The smallest absolute Gasteiger partial charge is 0.410 e. The average molecular weight is 672 g/mol. The Labute approximate surface area is 288 Å². The molecular formula is C38H49N5O6. The molecule has 11 nitrogen and oxygen atoms in total. The highest BCUT2D eigenvalue weighted by Gasteiger charge is 2.51. The number of benzene rings is 1. The average Bonchev–Trinajstić information content (AvgIpc) is 3.61. The van der Waals surface area contributed by atoms with Gasteiger partial charge in [-0.2, -0.15) is 4.98 Å². The number of fused-ring (bicyclic) bond motifs is 3. The molecule has 0 radical (unpaired) electrons. The number of pyridine rings is 1. The number of ether oxygens (including phenoxy) is 2. The van der Waals surface area contributed by atoms with Gasteiger partial charge in [0.2, 0.25) is 5.91 Å². The molecule has 4 aliphatic carbocycles. The molecule has 2 amide bonds. The summed E-state index contributed by atoms with van der Waals surface area (Å²) in [6, 6.07) is 10.4. The van der Waals surface area contributed by atoms with Crippen LogP contribution in [-0.4, -0.2) is 76.1 Å². The molecule has 2 aromatic heterocycles. The first-order chi connectivity index (χ1) is 23.6. The monoisotopic (exact) mass is 671 g/mol. The van der Waals surface area contributed by atoms with E-state index in [1.54, 1.807) is 13.3 Å². The van der Waals surface area contributed by atoms with Gasteiger partial charge in [0.15, 0.2) is 5.82 Å². The van der Waals surface area contributed by atoms with E-state index in [-0.39, 0.29) is 40.8 Å². The number of aliphatic hydroxyl groups is 1. The summed E-state index contributed by atoms with van der Waals surface area (Å²) in [5.41, 5.74) is 3.50. The molecule has 1 N–H and O–H groups in total. The number of carbonyl (C=O) groups excluding carboxylic acids is 2. The first-order valence-electron chi connectivity index (χ1n) is 18.0. The molecule has 49 heavy (non-hydrogen) atoms. The van der Waals surface area contributed by atoms with Crippen molar-refractivity contribution < 1.29 is 28.7 Å². The number of rotatable bonds is 9. The highest BCUT2D eigenvalue weighted by molar-refractivity contribution is 5.94. The van der Waals surface area contributed by atoms with E-state index in [9.17, 15) is 14.7 Å². The molecule has 1 saturated heterocycles. The number of methoxy groups -OCH3 is 1. The van der Waals surface area contributed by atoms with Crippen molar-refractivity contribution in [1.82, 2.24) is 20.0 Å². The van der Waals surface area contributed by atoms with Gasteiger partial charge in [-0.05, 0) is 111 Å². The highest BCUT2D eigenvalue weighted by Crippen LogP contribution is 2.58. The van der Waals surface area contributed by atoms with E-state index in [1.165, 1.54) is 16.0 Å². The summed E-state index contributed by atoms with van der Waals surface area (Å²) in [7, 11) is 1.72. The Kier molecular flexibility index (Phi) is 9.15. The fraction of sp³-hybridized carbons (Fsp3) is 0.605. The number of aromatic nitrogens is 3. The number of β-amino-alcohol motifs (C(OH)–C–C–N with tert-alkyl or cyclic N) is 1. The minimum atomic E-state index is -0.466. The van der Waals surface area contributed by atoms with Crippen molar-refractivity contribution in [3.63, 3.8) is 0 Å². The van der Waals surface area contributed by atoms with Crippen LogP contribution in [-0.2, 0) is 14.9 Å². The van der Waals surface area contributed by atoms with Crippen LogP contribution in [0, 0.1) is 18.3 Å². The van der Waals surface area contributed by atoms with Crippen LogP contribution in [0.5, 0.6) is 5.75 Å². The molecule has 4 saturated carbocycles. The van der Waals surface area contributed by atoms with E-state index in [1.807, 2.05) is 30.9 Å². The Hall–Kier alpha value is -3.99. The molecule has 3 heterocycles. The largest absolute Gasteiger partial charge is 0.496 e. The van der Waals surface area contributed by atoms with Crippen LogP contribution < -0.4 is 9.64 Å². The first kappa shape index (κ1) is 33.5. The molecule has 5 aliphatic rings. The summed E-state index contributed by atoms with van der Waals surface area (Å²) in [5.74, 6) is 2.62. The number of aryl methyl sites for hydroxylation is 1. The summed E-state index contributed by atoms with van der Waals surface area (Å²) in [6.07, 6.45) is 9.66. The Balaban J connectivity index is 1.10. The Morgan fingerprint density at radius 1 is 1.04 bits per heavy atom. The van der Waals surface area contributed by atoms with Gasteiger partial charge >= 0.3 is 6.09 Å². The lowest BCUT2D eigenvalue weighted by molar-refractivity contribution is -0.124. The van der Waals surface area contributed by atoms with Gasteiger partial charge < -0.3 is 24.0 Å². The molecule has 262 valence electrons. The third-order valence-electron chi connectivity index (χ3n) is 11.8. The molecule has 1 aromatic carbocycles. The van der Waals surface area contributed by atoms with Crippen molar-refractivity contribution in [2.45, 2.75) is 109 Å². The lowest BCUT2D eigenvalue weighted by Gasteiger charge is -2.55. The number of carbonyl (C=O) groups is 2. The zero-order valence-electron chi connectivity index (χ0n) is 29.2. The molecular weight excluding hydrogens is 622 g/mol. The topological polar surface area (TPSA) is 131 Å². The number of nitrogens with zero attached hydrogens (tertiary/aromatic N) is 5. The molecule has 11 heteroatoms. The lowest BCUT2D eigenvalue weighted by atomic mass is 9.51. The second-order valence-corrected chi connectivity index (χ2v) is 15.3. The van der Waals surface area contributed by atoms with E-state index in [2.05, 4.69) is 35.3 Å². The van der Waals surface area contributed by atoms with Crippen molar-refractivity contribution in [3.05, 3.63) is 53.5 Å². The van der Waals surface area contributed by atoms with Gasteiger partial charge in [-0.25, -0.2) is 9.78 Å². The summed E-state index contributed by atoms with van der Waals surface area (Å²) in [6.45, 7) is 7.42. The number of aliphatic hydroxyl groups excluding tert-OH is 1. The third kappa shape index (κ3) is 6.66. The highest BCUT2D eigenvalue weighted by atomic mass is 16.6. The zero-order chi connectivity index (χ0) is 34.3. The molecule has 3 aromatic rings. The SMILES string of the molecule is COc1ccc(C23CCC(CN(C(=O)C4CCC(OC(=O)N5CC(O)C5)CC4)c4cc(-c5nc(C(C)C)no5)ccn4)(CC2)CC3)cc1C. The van der Waals surface area contributed by atoms with Gasteiger partial charge in [-0.1, -0.05) is 31.1 Å². The quantitative estimate of drug-likeness (QED) is 0.268. The molecule has 0 spiro atoms. The van der Waals surface area contributed by atoms with Crippen LogP contribution in [0.15, 0.2) is 41.1 Å². The van der Waals surface area contributed by atoms with Crippen LogP contribution in [0.2, 0.25) is 0 Å². The summed E-state index contributed by atoms with van der Waals surface area (Å²) >= 11 is 0. The summed E-state index contributed by atoms with van der Waals surface area (Å²) in [5, 5.41) is 13.7. The first-order valence-corrected chi connectivity index (χ1v) is 18.0. The van der Waals surface area contributed by atoms with Gasteiger partial charge in [-0.3, -0.25) is 9.69 Å². The Morgan fingerprint density at radius 3 is 2.37 bits per heavy atom. The van der Waals surface area contributed by atoms with E-state index in [0.29, 0.717) is 62.9 Å². The minimum Gasteiger partial charge on any atom is -0.496 e. The normalized spacial score (nSPS) is 26.8. The molecule has 5 fully saturated rings. The van der Waals surface area contributed by atoms with Crippen molar-refractivity contribution in [2.75, 3.05) is 31.6 Å². The number of anilines is 1. The van der Waals surface area contributed by atoms with Crippen molar-refractivity contribution in [1.29, 1.82) is 0 Å². The maximum absolute atomic E-state index is 14.6. The van der Waals surface area contributed by atoms with Crippen LogP contribution in [0.4, 0.5) is 10.6 Å². The van der Waals surface area contributed by atoms with E-state index < -0.39 is 6.10 Å². The number of amides is 2. The molecule has 2 bridgehead atoms. The molecule has 8 rings (SSSR count). The number of hydrogen-bond donors (Lipinski definition) is 1. The van der Waals surface area contributed by atoms with Crippen LogP contribution in [0.1, 0.15) is 101 Å². The Bertz CT molecular complexity index is 1650. The van der Waals surface area contributed by atoms with Crippen molar-refractivity contribution in [3.8, 4) is 17.2 Å². The second-order valence-electron chi connectivity index (χ2n) is 15.3. The zero-order valence-corrected chi connectivity index (χ0v) is 29.2. The minimum absolute atomic E-state index is 0.0143. The molecule has 0 unspecified atom stereocenters. The van der Waals surface area contributed by atoms with E-state index >= 15 is 0 Å². The summed E-state index contributed by atoms with van der Waals surface area (Å²) < 4.78 is 16.9. The van der Waals surface area contributed by atoms with Gasteiger partial charge in [0.25, 0.3) is 5.89 Å². The second kappa shape index (κ2) is 13.4. The van der Waals surface area contributed by atoms with Gasteiger partial charge in [0.1, 0.15) is 17.7 Å². The molecule has 1 aliphatic heterocycles. The van der Waals surface area contributed by atoms with Gasteiger partial charge in [0, 0.05) is 30.1 Å². The third-order valence-corrected chi connectivity index (χ3v) is 11.8. The van der Waals surface area contributed by atoms with Crippen molar-refractivity contribution in [2.24, 2.45) is 11.3 Å². The van der Waals surface area contributed by atoms with Gasteiger partial charge in [0.05, 0.1) is 26.3 Å². The Morgan fingerprint density at radius 2 is 1.76 bits per heavy atom. The number of hydrogen-bond acceptors (Lipinski definition) is 9. The van der Waals surface area contributed by atoms with Crippen LogP contribution >= 0.6 is 0 Å². The lowest BCUT2D eigenvalue weighted by Crippen LogP contribution is -2.54. The standard InChI is InChI=1S/C38H49N5O6/c1-24(2)33-40-34(49-41-33)27-11-18-39-32(20-27)43(35(45)26-5-8-30(9-6-26)48-36(46)42-21-29(44)22-42)23-37-12-15-38(16-13-37,17-14-37)28-7-10-31(47-4)25(3)19-28/h7,10-11,18-20,24,26,29-30,44H,5-6,8-9,12-17,21-23H2,1-4H3. The fourth-order valence-corrected chi connectivity index (χ4v) is 8.50. The fourth-order valence-electron chi connectivity index (χ4n) is 8.50. The van der Waals surface area contributed by atoms with Gasteiger partial charge in [-0.15, -0.1) is 0 Å². The maximum Gasteiger partial charge on any atom is 0.410 e. The van der Waals surface area contributed by atoms with Crippen LogP contribution in [0.25, 0.3) is 11.5 Å². The number of likely N-dealkylation sites (tertiary alicyclic amines) is 1. The molecule has 0 atom stereocenters. The summed E-state index contributed by atoms with van der Waals surface area (Å²) in [4.78, 5) is 39.9. The predicted molar refractivity (Wildman–Crippen MR) is 183 cm³/mol. The maximum atomic E-state index is 14.6. The van der Waals surface area contributed by atoms with E-state index in [0.717, 1.165) is 49.8 Å². The van der Waals surface area contributed by atoms with Crippen LogP contribution in [0.3, 0.4) is 0 Å².